The van der Waals surface area contributed by atoms with Crippen molar-refractivity contribution in [2.45, 2.75) is 6.10 Å². The average Bonchev–Trinajstić information content (AvgIpc) is 2.32. The molecular formula is C11H11F2NO4. The number of benzene rings is 1. The van der Waals surface area contributed by atoms with Crippen LogP contribution < -0.4 is 5.32 Å². The summed E-state index contributed by atoms with van der Waals surface area (Å²) in [7, 11) is 1.16. The van der Waals surface area contributed by atoms with E-state index in [1.165, 1.54) is 0 Å². The molecule has 0 bridgehead atoms. The zero-order valence-corrected chi connectivity index (χ0v) is 9.44. The molecule has 1 aromatic carbocycles. The molecule has 0 heterocycles. The van der Waals surface area contributed by atoms with Crippen molar-refractivity contribution in [3.05, 3.63) is 35.4 Å². The van der Waals surface area contributed by atoms with Gasteiger partial charge < -0.3 is 15.2 Å². The Morgan fingerprint density at radius 3 is 2.67 bits per heavy atom. The van der Waals surface area contributed by atoms with E-state index >= 15 is 0 Å². The number of carbonyl (C=O) groups excluding carboxylic acids is 1. The molecule has 1 atom stereocenters. The van der Waals surface area contributed by atoms with Gasteiger partial charge in [0.05, 0.1) is 12.1 Å². The SMILES string of the molecule is COC(CNC(=O)c1cc(F)ccc1F)C(=O)O. The number of carbonyl (C=O) groups is 2. The highest BCUT2D eigenvalue weighted by Crippen LogP contribution is 2.09. The van der Waals surface area contributed by atoms with E-state index in [0.717, 1.165) is 25.3 Å². The Balaban J connectivity index is 2.71. The van der Waals surface area contributed by atoms with Crippen molar-refractivity contribution in [1.29, 1.82) is 0 Å². The van der Waals surface area contributed by atoms with Gasteiger partial charge in [-0.1, -0.05) is 0 Å². The highest BCUT2D eigenvalue weighted by molar-refractivity contribution is 5.94. The molecule has 2 N–H and O–H groups in total. The number of ether oxygens (including phenoxy) is 1. The smallest absolute Gasteiger partial charge is 0.334 e. The molecular weight excluding hydrogens is 248 g/mol. The molecule has 1 unspecified atom stereocenters. The lowest BCUT2D eigenvalue weighted by Gasteiger charge is -2.11. The van der Waals surface area contributed by atoms with E-state index in [0.29, 0.717) is 0 Å². The van der Waals surface area contributed by atoms with Crippen molar-refractivity contribution in [3.8, 4) is 0 Å². The number of aliphatic carboxylic acids is 1. The van der Waals surface area contributed by atoms with E-state index in [2.05, 4.69) is 10.1 Å². The highest BCUT2D eigenvalue weighted by Gasteiger charge is 2.19. The van der Waals surface area contributed by atoms with E-state index in [1.807, 2.05) is 0 Å². The number of methoxy groups -OCH3 is 1. The first kappa shape index (κ1) is 14.0. The number of rotatable bonds is 5. The zero-order valence-electron chi connectivity index (χ0n) is 9.44. The van der Waals surface area contributed by atoms with Gasteiger partial charge in [-0.2, -0.15) is 0 Å². The summed E-state index contributed by atoms with van der Waals surface area (Å²) in [6, 6.07) is 2.42. The maximum Gasteiger partial charge on any atom is 0.334 e. The third-order valence-corrected chi connectivity index (χ3v) is 2.18. The molecule has 0 aromatic heterocycles. The zero-order chi connectivity index (χ0) is 13.7. The molecule has 5 nitrogen and oxygen atoms in total. The Labute approximate surface area is 101 Å². The van der Waals surface area contributed by atoms with E-state index in [4.69, 9.17) is 5.11 Å². The first-order valence-corrected chi connectivity index (χ1v) is 4.94. The van der Waals surface area contributed by atoms with Gasteiger partial charge in [-0.3, -0.25) is 4.79 Å². The molecule has 0 spiro atoms. The summed E-state index contributed by atoms with van der Waals surface area (Å²) >= 11 is 0. The van der Waals surface area contributed by atoms with Gasteiger partial charge >= 0.3 is 5.97 Å². The summed E-state index contributed by atoms with van der Waals surface area (Å²) in [5, 5.41) is 10.8. The van der Waals surface area contributed by atoms with Gasteiger partial charge in [-0.15, -0.1) is 0 Å². The maximum absolute atomic E-state index is 13.2. The molecule has 98 valence electrons. The van der Waals surface area contributed by atoms with Crippen LogP contribution in [0.2, 0.25) is 0 Å². The van der Waals surface area contributed by atoms with E-state index < -0.39 is 35.2 Å². The van der Waals surface area contributed by atoms with Crippen LogP contribution in [0.25, 0.3) is 0 Å². The molecule has 0 fully saturated rings. The van der Waals surface area contributed by atoms with Crippen molar-refractivity contribution in [1.82, 2.24) is 5.32 Å². The molecule has 1 amide bonds. The van der Waals surface area contributed by atoms with Crippen molar-refractivity contribution in [2.24, 2.45) is 0 Å². The van der Waals surface area contributed by atoms with Gasteiger partial charge in [0.25, 0.3) is 5.91 Å². The lowest BCUT2D eigenvalue weighted by atomic mass is 10.2. The second-order valence-electron chi connectivity index (χ2n) is 3.40. The lowest BCUT2D eigenvalue weighted by Crippen LogP contribution is -2.38. The summed E-state index contributed by atoms with van der Waals surface area (Å²) in [5.74, 6) is -3.82. The van der Waals surface area contributed by atoms with Crippen LogP contribution in [-0.2, 0) is 9.53 Å². The van der Waals surface area contributed by atoms with E-state index in [9.17, 15) is 18.4 Å². The standard InChI is InChI=1S/C11H11F2NO4/c1-18-9(11(16)17)5-14-10(15)7-4-6(12)2-3-8(7)13/h2-4,9H,5H2,1H3,(H,14,15)(H,16,17). The van der Waals surface area contributed by atoms with Gasteiger partial charge in [0.15, 0.2) is 6.10 Å². The van der Waals surface area contributed by atoms with Gasteiger partial charge in [-0.05, 0) is 18.2 Å². The normalized spacial score (nSPS) is 11.9. The van der Waals surface area contributed by atoms with E-state index in [1.54, 1.807) is 0 Å². The molecule has 0 aliphatic carbocycles. The van der Waals surface area contributed by atoms with Crippen molar-refractivity contribution >= 4 is 11.9 Å². The number of hydrogen-bond donors (Lipinski definition) is 2. The largest absolute Gasteiger partial charge is 0.479 e. The third-order valence-electron chi connectivity index (χ3n) is 2.18. The second kappa shape index (κ2) is 6.06. The molecule has 1 aromatic rings. The summed E-state index contributed by atoms with van der Waals surface area (Å²) in [6.07, 6.45) is -1.24. The predicted molar refractivity (Wildman–Crippen MR) is 57.1 cm³/mol. The first-order valence-electron chi connectivity index (χ1n) is 4.94. The summed E-state index contributed by atoms with van der Waals surface area (Å²) in [4.78, 5) is 22.1. The summed E-state index contributed by atoms with van der Waals surface area (Å²) in [5.41, 5.74) is -0.491. The fraction of sp³-hybridized carbons (Fsp3) is 0.273. The fourth-order valence-corrected chi connectivity index (χ4v) is 1.22. The van der Waals surface area contributed by atoms with Crippen LogP contribution in [-0.4, -0.2) is 36.7 Å². The Hall–Kier alpha value is -2.02. The number of hydrogen-bond acceptors (Lipinski definition) is 3. The number of halogens is 2. The van der Waals surface area contributed by atoms with Crippen LogP contribution in [0.4, 0.5) is 8.78 Å². The Kier molecular flexibility index (Phi) is 4.73. The predicted octanol–water partition coefficient (Wildman–Crippen LogP) is 0.794. The molecule has 0 aliphatic heterocycles. The number of nitrogens with one attached hydrogen (secondary N) is 1. The van der Waals surface area contributed by atoms with Gasteiger partial charge in [-0.25, -0.2) is 13.6 Å². The van der Waals surface area contributed by atoms with Crippen molar-refractivity contribution in [2.75, 3.05) is 13.7 Å². The molecule has 0 aliphatic rings. The Morgan fingerprint density at radius 1 is 1.44 bits per heavy atom. The minimum Gasteiger partial charge on any atom is -0.479 e. The van der Waals surface area contributed by atoms with Crippen LogP contribution >= 0.6 is 0 Å². The van der Waals surface area contributed by atoms with E-state index in [-0.39, 0.29) is 6.54 Å². The van der Waals surface area contributed by atoms with Gasteiger partial charge in [0, 0.05) is 7.11 Å². The number of carboxylic acids is 1. The molecule has 18 heavy (non-hydrogen) atoms. The fourth-order valence-electron chi connectivity index (χ4n) is 1.22. The molecule has 7 heteroatoms. The minimum atomic E-state index is -1.27. The van der Waals surface area contributed by atoms with Crippen molar-refractivity contribution < 1.29 is 28.2 Å². The quantitative estimate of drug-likeness (QED) is 0.819. The maximum atomic E-state index is 13.2. The van der Waals surface area contributed by atoms with Gasteiger partial charge in [0.2, 0.25) is 0 Å². The van der Waals surface area contributed by atoms with Crippen LogP contribution in [0, 0.1) is 11.6 Å². The summed E-state index contributed by atoms with van der Waals surface area (Å²) in [6.45, 7) is -0.347. The second-order valence-corrected chi connectivity index (χ2v) is 3.40. The van der Waals surface area contributed by atoms with Gasteiger partial charge in [0.1, 0.15) is 11.6 Å². The Morgan fingerprint density at radius 2 is 2.11 bits per heavy atom. The monoisotopic (exact) mass is 259 g/mol. The van der Waals surface area contributed by atoms with Crippen molar-refractivity contribution in [3.63, 3.8) is 0 Å². The first-order chi connectivity index (χ1) is 8.45. The van der Waals surface area contributed by atoms with Crippen LogP contribution in [0.5, 0.6) is 0 Å². The van der Waals surface area contributed by atoms with Crippen LogP contribution in [0.1, 0.15) is 10.4 Å². The molecule has 1 rings (SSSR count). The minimum absolute atomic E-state index is 0.347. The average molecular weight is 259 g/mol. The summed E-state index contributed by atoms with van der Waals surface area (Å²) < 4.78 is 30.6. The topological polar surface area (TPSA) is 75.6 Å². The third kappa shape index (κ3) is 3.49. The molecule has 0 saturated heterocycles. The van der Waals surface area contributed by atoms with Crippen LogP contribution in [0.3, 0.4) is 0 Å². The Bertz CT molecular complexity index is 464. The lowest BCUT2D eigenvalue weighted by molar-refractivity contribution is -0.148. The molecule has 0 radical (unpaired) electrons. The number of carboxylic acid groups (broad SMARTS) is 1. The molecule has 0 saturated carbocycles. The van der Waals surface area contributed by atoms with Crippen LogP contribution in [0.15, 0.2) is 18.2 Å². The number of amides is 1. The highest BCUT2D eigenvalue weighted by atomic mass is 19.1.